The van der Waals surface area contributed by atoms with Gasteiger partial charge in [-0.15, -0.1) is 0 Å². The third kappa shape index (κ3) is 6.51. The second-order valence-electron chi connectivity index (χ2n) is 11.6. The van der Waals surface area contributed by atoms with Gasteiger partial charge in [0.05, 0.1) is 29.2 Å². The molecule has 1 saturated heterocycles. The van der Waals surface area contributed by atoms with Gasteiger partial charge < -0.3 is 33.9 Å². The second-order valence-corrected chi connectivity index (χ2v) is 11.6. The van der Waals surface area contributed by atoms with Crippen molar-refractivity contribution < 1.29 is 38.4 Å². The number of hydrogen-bond donors (Lipinski definition) is 3. The van der Waals surface area contributed by atoms with Crippen LogP contribution in [0.2, 0.25) is 0 Å². The molecule has 0 aliphatic carbocycles. The van der Waals surface area contributed by atoms with E-state index in [2.05, 4.69) is 20.6 Å². The van der Waals surface area contributed by atoms with Gasteiger partial charge in [-0.3, -0.25) is 19.7 Å². The van der Waals surface area contributed by atoms with Gasteiger partial charge in [-0.1, -0.05) is 58.0 Å². The number of aliphatic imine (C=N–C) groups is 1. The van der Waals surface area contributed by atoms with E-state index in [1.165, 1.54) is 24.0 Å². The lowest BCUT2D eigenvalue weighted by Gasteiger charge is -2.31. The fourth-order valence-electron chi connectivity index (χ4n) is 5.05. The number of nitrogens with one attached hydrogen (secondary N) is 2. The summed E-state index contributed by atoms with van der Waals surface area (Å²) in [6.07, 6.45) is -1.43. The molecule has 4 atom stereocenters. The summed E-state index contributed by atoms with van der Waals surface area (Å²) in [7, 11) is 0. The number of ether oxygens (including phenoxy) is 4. The summed E-state index contributed by atoms with van der Waals surface area (Å²) in [4.78, 5) is 59.0. The van der Waals surface area contributed by atoms with Crippen LogP contribution >= 0.6 is 0 Å². The summed E-state index contributed by atoms with van der Waals surface area (Å²) in [5.41, 5.74) is -1.65. The van der Waals surface area contributed by atoms with Gasteiger partial charge in [0.15, 0.2) is 12.3 Å². The van der Waals surface area contributed by atoms with Gasteiger partial charge in [0, 0.05) is 17.6 Å². The number of aliphatic hydroxyl groups is 1. The SMILES string of the molecule is CC(C)C(=O)OCC1OC(n2cc3c(NC(=O)OCc4ccccc4)cc(=O)nc4c3c2N=CN4)C(C)(O)C1OC(=O)C(C)C. The highest BCUT2D eigenvalue weighted by atomic mass is 16.6. The lowest BCUT2D eigenvalue weighted by atomic mass is 9.96. The van der Waals surface area contributed by atoms with Crippen molar-refractivity contribution in [2.24, 2.45) is 16.8 Å². The minimum Gasteiger partial charge on any atom is -0.463 e. The molecule has 1 fully saturated rings. The molecular weight excluding hydrogens is 586 g/mol. The standard InChI is InChI=1S/C31H35N5O9/c1-16(2)27(38)42-14-21-24(45-28(39)17(3)4)31(5,41)29(44-21)36-12-19-20(34-30(40)43-13-18-9-7-6-8-10-18)11-22(37)35-25-23(19)26(36)33-15-32-25/h6-12,15-17,21,24,29,41H,13-14H2,1-5H3,(H,34,40)(H,32,33,35,37). The van der Waals surface area contributed by atoms with Crippen LogP contribution in [0.5, 0.6) is 0 Å². The number of aromatic nitrogens is 2. The molecule has 2 aliphatic heterocycles. The van der Waals surface area contributed by atoms with Gasteiger partial charge in [-0.05, 0) is 12.5 Å². The van der Waals surface area contributed by atoms with Gasteiger partial charge >= 0.3 is 18.0 Å². The van der Waals surface area contributed by atoms with Crippen molar-refractivity contribution in [3.63, 3.8) is 0 Å². The van der Waals surface area contributed by atoms with E-state index < -0.39 is 59.5 Å². The summed E-state index contributed by atoms with van der Waals surface area (Å²) in [5.74, 6) is -1.58. The first-order chi connectivity index (χ1) is 21.4. The highest BCUT2D eigenvalue weighted by Crippen LogP contribution is 2.47. The molecule has 4 unspecified atom stereocenters. The Morgan fingerprint density at radius 1 is 1.11 bits per heavy atom. The molecule has 1 aromatic carbocycles. The molecule has 0 radical (unpaired) electrons. The van der Waals surface area contributed by atoms with Crippen LogP contribution in [-0.2, 0) is 35.1 Å². The molecule has 0 spiro atoms. The average molecular weight is 622 g/mol. The Hall–Kier alpha value is -4.82. The molecule has 3 N–H and O–H groups in total. The number of anilines is 2. The van der Waals surface area contributed by atoms with E-state index in [9.17, 15) is 24.3 Å². The molecule has 0 saturated carbocycles. The van der Waals surface area contributed by atoms with Crippen LogP contribution in [0.3, 0.4) is 0 Å². The topological polar surface area (TPSA) is 180 Å². The minimum absolute atomic E-state index is 0.00133. The molecule has 2 aliphatic rings. The number of esters is 2. The Kier molecular flexibility index (Phi) is 8.89. The molecule has 0 bridgehead atoms. The van der Waals surface area contributed by atoms with Crippen molar-refractivity contribution in [1.29, 1.82) is 0 Å². The summed E-state index contributed by atoms with van der Waals surface area (Å²) in [5, 5.41) is 18.0. The summed E-state index contributed by atoms with van der Waals surface area (Å²) in [6, 6.07) is 10.2. The molecule has 3 aromatic rings. The van der Waals surface area contributed by atoms with E-state index in [1.54, 1.807) is 39.8 Å². The maximum atomic E-state index is 12.8. The van der Waals surface area contributed by atoms with Crippen LogP contribution in [0.15, 0.2) is 52.4 Å². The predicted molar refractivity (Wildman–Crippen MR) is 163 cm³/mol. The van der Waals surface area contributed by atoms with Gasteiger partial charge in [-0.25, -0.2) is 9.79 Å². The lowest BCUT2D eigenvalue weighted by molar-refractivity contribution is -0.169. The molecule has 5 rings (SSSR count). The zero-order chi connectivity index (χ0) is 32.5. The zero-order valence-electron chi connectivity index (χ0n) is 25.5. The molecule has 1 amide bonds. The van der Waals surface area contributed by atoms with E-state index in [-0.39, 0.29) is 30.5 Å². The fourth-order valence-corrected chi connectivity index (χ4v) is 5.05. The zero-order valence-corrected chi connectivity index (χ0v) is 25.5. The van der Waals surface area contributed by atoms with Gasteiger partial charge in [0.1, 0.15) is 36.6 Å². The first kappa shape index (κ1) is 31.6. The van der Waals surface area contributed by atoms with E-state index in [4.69, 9.17) is 18.9 Å². The average Bonchev–Trinajstić information content (AvgIpc) is 3.44. The smallest absolute Gasteiger partial charge is 0.411 e. The number of carbonyl (C=O) groups excluding carboxylic acids is 3. The number of rotatable bonds is 9. The van der Waals surface area contributed by atoms with E-state index in [1.807, 2.05) is 18.2 Å². The Balaban J connectivity index is 1.53. The maximum absolute atomic E-state index is 12.8. The van der Waals surface area contributed by atoms with Gasteiger partial charge in [0.2, 0.25) is 0 Å². The molecule has 14 heteroatoms. The molecular formula is C31H35N5O9. The molecule has 14 nitrogen and oxygen atoms in total. The van der Waals surface area contributed by atoms with Crippen LogP contribution in [0.1, 0.15) is 46.4 Å². The number of amides is 1. The van der Waals surface area contributed by atoms with Gasteiger partial charge in [0.25, 0.3) is 5.56 Å². The van der Waals surface area contributed by atoms with Crippen LogP contribution in [0.4, 0.5) is 22.1 Å². The Morgan fingerprint density at radius 3 is 2.51 bits per heavy atom. The maximum Gasteiger partial charge on any atom is 0.411 e. The van der Waals surface area contributed by atoms with E-state index >= 15 is 0 Å². The first-order valence-corrected chi connectivity index (χ1v) is 14.5. The van der Waals surface area contributed by atoms with Crippen LogP contribution in [0, 0.1) is 11.8 Å². The van der Waals surface area contributed by atoms with Crippen LogP contribution in [-0.4, -0.2) is 63.4 Å². The van der Waals surface area contributed by atoms with Crippen molar-refractivity contribution in [2.45, 2.75) is 65.3 Å². The normalized spacial score (nSPS) is 21.9. The third-order valence-corrected chi connectivity index (χ3v) is 7.41. The van der Waals surface area contributed by atoms with Gasteiger partial charge in [-0.2, -0.15) is 4.98 Å². The molecule has 4 heterocycles. The highest BCUT2D eigenvalue weighted by molar-refractivity contribution is 6.12. The summed E-state index contributed by atoms with van der Waals surface area (Å²) in [6.45, 7) is 7.81. The molecule has 2 aromatic heterocycles. The number of hydrogen-bond acceptors (Lipinski definition) is 12. The Morgan fingerprint density at radius 2 is 1.82 bits per heavy atom. The van der Waals surface area contributed by atoms with Crippen molar-refractivity contribution >= 4 is 52.5 Å². The van der Waals surface area contributed by atoms with E-state index in [0.717, 1.165) is 11.6 Å². The first-order valence-electron chi connectivity index (χ1n) is 14.5. The highest BCUT2D eigenvalue weighted by Gasteiger charge is 2.57. The van der Waals surface area contributed by atoms with Crippen LogP contribution < -0.4 is 16.2 Å². The fraction of sp³-hybridized carbons (Fsp3) is 0.419. The number of nitrogens with zero attached hydrogens (tertiary/aromatic N) is 3. The minimum atomic E-state index is -1.85. The monoisotopic (exact) mass is 621 g/mol. The van der Waals surface area contributed by atoms with Crippen molar-refractivity contribution in [3.8, 4) is 0 Å². The quantitative estimate of drug-likeness (QED) is 0.234. The number of carbonyl (C=O) groups is 3. The third-order valence-electron chi connectivity index (χ3n) is 7.41. The summed E-state index contributed by atoms with van der Waals surface area (Å²) < 4.78 is 24.2. The molecule has 45 heavy (non-hydrogen) atoms. The van der Waals surface area contributed by atoms with Crippen molar-refractivity contribution in [2.75, 3.05) is 17.2 Å². The van der Waals surface area contributed by atoms with Crippen molar-refractivity contribution in [1.82, 2.24) is 9.55 Å². The largest absolute Gasteiger partial charge is 0.463 e. The Bertz CT molecular complexity index is 1700. The van der Waals surface area contributed by atoms with E-state index in [0.29, 0.717) is 10.8 Å². The Labute approximate surface area is 258 Å². The lowest BCUT2D eigenvalue weighted by Crippen LogP contribution is -2.48. The molecule has 238 valence electrons. The van der Waals surface area contributed by atoms with Crippen molar-refractivity contribution in [3.05, 3.63) is 58.5 Å². The second kappa shape index (κ2) is 12.7. The predicted octanol–water partition coefficient (Wildman–Crippen LogP) is 3.65. The summed E-state index contributed by atoms with van der Waals surface area (Å²) >= 11 is 0. The van der Waals surface area contributed by atoms with Crippen LogP contribution in [0.25, 0.3) is 10.8 Å². The number of benzene rings is 1.